The number of aromatic nitrogens is 2. The third-order valence-corrected chi connectivity index (χ3v) is 5.99. The van der Waals surface area contributed by atoms with E-state index in [-0.39, 0.29) is 24.0 Å². The molecule has 1 atom stereocenters. The maximum absolute atomic E-state index is 5.55. The van der Waals surface area contributed by atoms with Crippen LogP contribution in [-0.2, 0) is 13.1 Å². The number of halogens is 1. The number of nitrogens with one attached hydrogen (secondary N) is 2. The van der Waals surface area contributed by atoms with Gasteiger partial charge in [-0.1, -0.05) is 36.4 Å². The van der Waals surface area contributed by atoms with Crippen molar-refractivity contribution >= 4 is 35.6 Å². The van der Waals surface area contributed by atoms with E-state index in [1.165, 1.54) is 11.1 Å². The number of imidazole rings is 1. The molecule has 1 aliphatic rings. The summed E-state index contributed by atoms with van der Waals surface area (Å²) >= 11 is 0. The van der Waals surface area contributed by atoms with Crippen molar-refractivity contribution < 1.29 is 4.74 Å². The maximum Gasteiger partial charge on any atom is 0.191 e. The molecule has 1 fully saturated rings. The quantitative estimate of drug-likeness (QED) is 0.240. The third kappa shape index (κ3) is 6.65. The normalized spacial score (nSPS) is 15.7. The first kappa shape index (κ1) is 25.9. The molecule has 2 N–H and O–H groups in total. The van der Waals surface area contributed by atoms with Crippen LogP contribution in [0.1, 0.15) is 30.3 Å². The summed E-state index contributed by atoms with van der Waals surface area (Å²) in [5.74, 6) is 2.81. The molecular weight excluding hydrogens is 539 g/mol. The van der Waals surface area contributed by atoms with Gasteiger partial charge < -0.3 is 24.8 Å². The minimum absolute atomic E-state index is 0. The summed E-state index contributed by atoms with van der Waals surface area (Å²) in [5.41, 5.74) is 3.60. The molecule has 182 valence electrons. The molecular formula is C26H35IN6O. The number of aryl methyl sites for hydroxylation is 1. The van der Waals surface area contributed by atoms with Gasteiger partial charge >= 0.3 is 0 Å². The fourth-order valence-electron chi connectivity index (χ4n) is 4.27. The molecule has 3 aromatic rings. The van der Waals surface area contributed by atoms with Crippen molar-refractivity contribution in [3.8, 4) is 5.75 Å². The molecule has 0 amide bonds. The summed E-state index contributed by atoms with van der Waals surface area (Å²) in [6.45, 7) is 8.32. The van der Waals surface area contributed by atoms with Crippen LogP contribution in [0.25, 0.3) is 0 Å². The number of benzene rings is 2. The van der Waals surface area contributed by atoms with Crippen LogP contribution >= 0.6 is 24.0 Å². The highest BCUT2D eigenvalue weighted by molar-refractivity contribution is 14.0. The van der Waals surface area contributed by atoms with Crippen LogP contribution in [0, 0.1) is 6.92 Å². The largest absolute Gasteiger partial charge is 0.495 e. The summed E-state index contributed by atoms with van der Waals surface area (Å²) in [4.78, 5) is 11.6. The summed E-state index contributed by atoms with van der Waals surface area (Å²) in [7, 11) is 1.73. The first-order chi connectivity index (χ1) is 16.2. The van der Waals surface area contributed by atoms with E-state index in [1.54, 1.807) is 7.11 Å². The minimum atomic E-state index is 0. The Kier molecular flexibility index (Phi) is 9.62. The van der Waals surface area contributed by atoms with Crippen LogP contribution in [0.15, 0.2) is 65.9 Å². The SMILES string of the molecule is CCNC(=NCc1cccc(Cn2ccnc2C)c1)NC1CCN(c2ccccc2OC)C1.I. The predicted molar refractivity (Wildman–Crippen MR) is 149 cm³/mol. The maximum atomic E-state index is 5.55. The molecule has 8 heteroatoms. The van der Waals surface area contributed by atoms with Crippen LogP contribution in [0.3, 0.4) is 0 Å². The van der Waals surface area contributed by atoms with Gasteiger partial charge in [0, 0.05) is 44.6 Å². The number of nitrogens with zero attached hydrogens (tertiary/aromatic N) is 4. The number of guanidine groups is 1. The van der Waals surface area contributed by atoms with E-state index >= 15 is 0 Å². The fourth-order valence-corrected chi connectivity index (χ4v) is 4.27. The van der Waals surface area contributed by atoms with Crippen molar-refractivity contribution in [2.24, 2.45) is 4.99 Å². The van der Waals surface area contributed by atoms with Crippen LogP contribution < -0.4 is 20.3 Å². The van der Waals surface area contributed by atoms with Gasteiger partial charge in [0.1, 0.15) is 11.6 Å². The third-order valence-electron chi connectivity index (χ3n) is 5.99. The lowest BCUT2D eigenvalue weighted by molar-refractivity contribution is 0.415. The molecule has 0 bridgehead atoms. The molecule has 1 unspecified atom stereocenters. The zero-order valence-electron chi connectivity index (χ0n) is 20.2. The molecule has 0 saturated carbocycles. The predicted octanol–water partition coefficient (Wildman–Crippen LogP) is 4.20. The van der Waals surface area contributed by atoms with E-state index in [1.807, 2.05) is 31.5 Å². The summed E-state index contributed by atoms with van der Waals surface area (Å²) in [5, 5.41) is 7.03. The second kappa shape index (κ2) is 12.6. The van der Waals surface area contributed by atoms with Gasteiger partial charge in [0.2, 0.25) is 0 Å². The number of aliphatic imine (C=N–C) groups is 1. The molecule has 0 spiro atoms. The Bertz CT molecular complexity index is 1080. The summed E-state index contributed by atoms with van der Waals surface area (Å²) in [6.07, 6.45) is 4.92. The number of anilines is 1. The molecule has 1 aromatic heterocycles. The topological polar surface area (TPSA) is 66.7 Å². The van der Waals surface area contributed by atoms with Crippen molar-refractivity contribution in [3.05, 3.63) is 77.9 Å². The van der Waals surface area contributed by atoms with E-state index in [2.05, 4.69) is 68.4 Å². The monoisotopic (exact) mass is 574 g/mol. The Morgan fingerprint density at radius 2 is 2.00 bits per heavy atom. The van der Waals surface area contributed by atoms with Gasteiger partial charge in [0.05, 0.1) is 19.3 Å². The smallest absolute Gasteiger partial charge is 0.191 e. The second-order valence-corrected chi connectivity index (χ2v) is 8.37. The molecule has 4 rings (SSSR count). The molecule has 2 aromatic carbocycles. The van der Waals surface area contributed by atoms with Crippen molar-refractivity contribution in [3.63, 3.8) is 0 Å². The van der Waals surface area contributed by atoms with Gasteiger partial charge in [-0.2, -0.15) is 0 Å². The summed E-state index contributed by atoms with van der Waals surface area (Å²) in [6, 6.07) is 17.2. The van der Waals surface area contributed by atoms with Gasteiger partial charge in [-0.15, -0.1) is 24.0 Å². The molecule has 0 radical (unpaired) electrons. The molecule has 2 heterocycles. The van der Waals surface area contributed by atoms with E-state index in [4.69, 9.17) is 9.73 Å². The van der Waals surface area contributed by atoms with Crippen LogP contribution in [0.2, 0.25) is 0 Å². The highest BCUT2D eigenvalue weighted by Gasteiger charge is 2.25. The number of ether oxygens (including phenoxy) is 1. The Labute approximate surface area is 219 Å². The van der Waals surface area contributed by atoms with E-state index < -0.39 is 0 Å². The number of hydrogen-bond donors (Lipinski definition) is 2. The number of methoxy groups -OCH3 is 1. The lowest BCUT2D eigenvalue weighted by Gasteiger charge is -2.22. The molecule has 1 aliphatic heterocycles. The number of para-hydroxylation sites is 2. The minimum Gasteiger partial charge on any atom is -0.495 e. The highest BCUT2D eigenvalue weighted by atomic mass is 127. The van der Waals surface area contributed by atoms with Crippen molar-refractivity contribution in [1.82, 2.24) is 20.2 Å². The standard InChI is InChI=1S/C26H34N6O.HI/c1-4-27-26(30-23-12-14-32(19-23)24-10-5-6-11-25(24)33-3)29-17-21-8-7-9-22(16-21)18-31-15-13-28-20(31)2;/h5-11,13,15-16,23H,4,12,14,17-19H2,1-3H3,(H2,27,29,30);1H. The molecule has 0 aliphatic carbocycles. The zero-order chi connectivity index (χ0) is 23.0. The van der Waals surface area contributed by atoms with Gasteiger partial charge in [0.15, 0.2) is 5.96 Å². The van der Waals surface area contributed by atoms with Crippen molar-refractivity contribution in [2.75, 3.05) is 31.6 Å². The van der Waals surface area contributed by atoms with Gasteiger partial charge in [0.25, 0.3) is 0 Å². The van der Waals surface area contributed by atoms with E-state index in [0.717, 1.165) is 55.8 Å². The Morgan fingerprint density at radius 1 is 1.18 bits per heavy atom. The lowest BCUT2D eigenvalue weighted by Crippen LogP contribution is -2.44. The van der Waals surface area contributed by atoms with Crippen LogP contribution in [0.4, 0.5) is 5.69 Å². The van der Waals surface area contributed by atoms with Crippen LogP contribution in [-0.4, -0.2) is 48.3 Å². The van der Waals surface area contributed by atoms with Gasteiger partial charge in [-0.3, -0.25) is 0 Å². The van der Waals surface area contributed by atoms with E-state index in [0.29, 0.717) is 12.6 Å². The number of hydrogen-bond acceptors (Lipinski definition) is 4. The van der Waals surface area contributed by atoms with Crippen molar-refractivity contribution in [1.29, 1.82) is 0 Å². The Hall–Kier alpha value is -2.75. The second-order valence-electron chi connectivity index (χ2n) is 8.37. The number of rotatable bonds is 8. The van der Waals surface area contributed by atoms with Crippen LogP contribution in [0.5, 0.6) is 5.75 Å². The highest BCUT2D eigenvalue weighted by Crippen LogP contribution is 2.30. The summed E-state index contributed by atoms with van der Waals surface area (Å²) < 4.78 is 7.70. The van der Waals surface area contributed by atoms with Crippen molar-refractivity contribution in [2.45, 2.75) is 39.4 Å². The first-order valence-electron chi connectivity index (χ1n) is 11.6. The molecule has 7 nitrogen and oxygen atoms in total. The Balaban J connectivity index is 0.00000324. The first-order valence-corrected chi connectivity index (χ1v) is 11.6. The molecule has 34 heavy (non-hydrogen) atoms. The lowest BCUT2D eigenvalue weighted by atomic mass is 10.1. The van der Waals surface area contributed by atoms with E-state index in [9.17, 15) is 0 Å². The van der Waals surface area contributed by atoms with Gasteiger partial charge in [-0.25, -0.2) is 9.98 Å². The Morgan fingerprint density at radius 3 is 2.76 bits per heavy atom. The average molecular weight is 575 g/mol. The average Bonchev–Trinajstić information content (AvgIpc) is 3.47. The molecule has 1 saturated heterocycles. The van der Waals surface area contributed by atoms with Gasteiger partial charge in [-0.05, 0) is 43.5 Å². The zero-order valence-corrected chi connectivity index (χ0v) is 22.5. The fraction of sp³-hybridized carbons (Fsp3) is 0.385.